The van der Waals surface area contributed by atoms with E-state index in [-0.39, 0.29) is 11.5 Å². The Morgan fingerprint density at radius 1 is 1.07 bits per heavy atom. The van der Waals surface area contributed by atoms with Crippen LogP contribution in [0.4, 0.5) is 0 Å². The first-order chi connectivity index (χ1) is 14.0. The second-order valence-corrected chi connectivity index (χ2v) is 7.69. The first kappa shape index (κ1) is 17.7. The van der Waals surface area contributed by atoms with Gasteiger partial charge in [0.1, 0.15) is 6.04 Å². The minimum Gasteiger partial charge on any atom is -0.336 e. The molecule has 1 amide bonds. The molecule has 0 fully saturated rings. The quantitative estimate of drug-likeness (QED) is 0.532. The highest BCUT2D eigenvalue weighted by Gasteiger charge is 2.28. The maximum Gasteiger partial charge on any atom is 0.273 e. The zero-order chi connectivity index (χ0) is 20.1. The lowest BCUT2D eigenvalue weighted by Gasteiger charge is -2.31. The molecule has 2 aromatic heterocycles. The molecule has 0 saturated heterocycles. The van der Waals surface area contributed by atoms with Crippen molar-refractivity contribution in [1.82, 2.24) is 19.1 Å². The van der Waals surface area contributed by atoms with Crippen LogP contribution in [-0.4, -0.2) is 31.5 Å². The third-order valence-electron chi connectivity index (χ3n) is 5.86. The van der Waals surface area contributed by atoms with E-state index in [1.165, 1.54) is 17.2 Å². The van der Waals surface area contributed by atoms with Crippen LogP contribution in [0.5, 0.6) is 0 Å². The number of hydrogen-bond donors (Lipinski definition) is 0. The van der Waals surface area contributed by atoms with Crippen LogP contribution in [0.15, 0.2) is 59.4 Å². The normalized spacial score (nSPS) is 14.9. The predicted octanol–water partition coefficient (Wildman–Crippen LogP) is 3.10. The van der Waals surface area contributed by atoms with E-state index < -0.39 is 6.04 Å². The van der Waals surface area contributed by atoms with Gasteiger partial charge in [0.15, 0.2) is 5.65 Å². The summed E-state index contributed by atoms with van der Waals surface area (Å²) < 4.78 is 3.86. The van der Waals surface area contributed by atoms with Crippen molar-refractivity contribution in [2.24, 2.45) is 0 Å². The molecule has 0 bridgehead atoms. The van der Waals surface area contributed by atoms with Crippen LogP contribution in [-0.2, 0) is 17.8 Å². The molecule has 2 aromatic carbocycles. The van der Waals surface area contributed by atoms with Crippen LogP contribution in [0.1, 0.15) is 29.8 Å². The summed E-state index contributed by atoms with van der Waals surface area (Å²) in [6.45, 7) is 5.14. The molecule has 0 aliphatic carbocycles. The van der Waals surface area contributed by atoms with Gasteiger partial charge in [-0.25, -0.2) is 4.52 Å². The van der Waals surface area contributed by atoms with Crippen molar-refractivity contribution in [2.75, 3.05) is 6.54 Å². The van der Waals surface area contributed by atoms with E-state index in [4.69, 9.17) is 0 Å². The molecule has 4 aromatic rings. The Balaban J connectivity index is 1.62. The number of benzene rings is 2. The molecule has 0 radical (unpaired) electrons. The maximum atomic E-state index is 13.5. The topological polar surface area (TPSA) is 59.6 Å². The number of rotatable bonds is 2. The number of aryl methyl sites for hydroxylation is 1. The maximum absolute atomic E-state index is 13.5. The average molecular weight is 386 g/mol. The van der Waals surface area contributed by atoms with Crippen molar-refractivity contribution in [1.29, 1.82) is 0 Å². The molecule has 0 N–H and O–H groups in total. The minimum atomic E-state index is -0.425. The highest BCUT2D eigenvalue weighted by Crippen LogP contribution is 2.27. The lowest BCUT2D eigenvalue weighted by atomic mass is 9.99. The standard InChI is InChI=1S/C23H22N4O2/c1-15-13-21(28)24-22-19-9-5-6-10-20(19)27(26(15)22)16(2)23(29)25-12-11-17-7-3-4-8-18(17)14-25/h3-10,13,16H,11-12,14H2,1-2H3. The fourth-order valence-electron chi connectivity index (χ4n) is 4.44. The summed E-state index contributed by atoms with van der Waals surface area (Å²) in [4.78, 5) is 31.7. The van der Waals surface area contributed by atoms with Crippen molar-refractivity contribution >= 4 is 22.5 Å². The van der Waals surface area contributed by atoms with Crippen LogP contribution >= 0.6 is 0 Å². The third kappa shape index (κ3) is 2.75. The van der Waals surface area contributed by atoms with E-state index in [0.29, 0.717) is 18.7 Å². The largest absolute Gasteiger partial charge is 0.336 e. The predicted molar refractivity (Wildman–Crippen MR) is 112 cm³/mol. The first-order valence-electron chi connectivity index (χ1n) is 9.90. The Bertz CT molecular complexity index is 1320. The zero-order valence-corrected chi connectivity index (χ0v) is 16.5. The van der Waals surface area contributed by atoms with Crippen LogP contribution in [0.25, 0.3) is 16.6 Å². The molecule has 1 aliphatic rings. The fourth-order valence-corrected chi connectivity index (χ4v) is 4.44. The van der Waals surface area contributed by atoms with Gasteiger partial charge in [0, 0.05) is 30.2 Å². The average Bonchev–Trinajstić information content (AvgIpc) is 3.07. The number of nitrogens with zero attached hydrogens (tertiary/aromatic N) is 4. The van der Waals surface area contributed by atoms with Crippen LogP contribution < -0.4 is 5.56 Å². The molecule has 5 rings (SSSR count). The summed E-state index contributed by atoms with van der Waals surface area (Å²) in [5.41, 5.74) is 4.51. The third-order valence-corrected chi connectivity index (χ3v) is 5.86. The number of fused-ring (bicyclic) bond motifs is 4. The van der Waals surface area contributed by atoms with E-state index >= 15 is 0 Å². The number of carbonyl (C=O) groups excluding carboxylic acids is 1. The minimum absolute atomic E-state index is 0.0697. The van der Waals surface area contributed by atoms with Crippen molar-refractivity contribution in [3.05, 3.63) is 81.8 Å². The zero-order valence-electron chi connectivity index (χ0n) is 16.5. The Morgan fingerprint density at radius 3 is 2.62 bits per heavy atom. The van der Waals surface area contributed by atoms with Gasteiger partial charge >= 0.3 is 0 Å². The second-order valence-electron chi connectivity index (χ2n) is 7.69. The van der Waals surface area contributed by atoms with Gasteiger partial charge < -0.3 is 4.90 Å². The molecular weight excluding hydrogens is 364 g/mol. The first-order valence-corrected chi connectivity index (χ1v) is 9.90. The van der Waals surface area contributed by atoms with Gasteiger partial charge in [-0.3, -0.25) is 14.3 Å². The van der Waals surface area contributed by atoms with Crippen molar-refractivity contribution in [3.63, 3.8) is 0 Å². The number of amides is 1. The summed E-state index contributed by atoms with van der Waals surface area (Å²) in [5, 5.41) is 0.872. The van der Waals surface area contributed by atoms with Gasteiger partial charge in [-0.1, -0.05) is 36.4 Å². The smallest absolute Gasteiger partial charge is 0.273 e. The van der Waals surface area contributed by atoms with Crippen LogP contribution in [0.2, 0.25) is 0 Å². The molecule has 1 aliphatic heterocycles. The van der Waals surface area contributed by atoms with Crippen molar-refractivity contribution < 1.29 is 4.79 Å². The van der Waals surface area contributed by atoms with E-state index in [1.54, 1.807) is 0 Å². The van der Waals surface area contributed by atoms with Gasteiger partial charge in [0.05, 0.1) is 5.52 Å². The number of carbonyl (C=O) groups is 1. The number of aromatic nitrogens is 3. The van der Waals surface area contributed by atoms with Gasteiger partial charge in [-0.15, -0.1) is 0 Å². The highest BCUT2D eigenvalue weighted by atomic mass is 16.2. The van der Waals surface area contributed by atoms with Crippen LogP contribution in [0.3, 0.4) is 0 Å². The number of hydrogen-bond acceptors (Lipinski definition) is 3. The van der Waals surface area contributed by atoms with Crippen molar-refractivity contribution in [3.8, 4) is 0 Å². The summed E-state index contributed by atoms with van der Waals surface area (Å²) in [7, 11) is 0. The second kappa shape index (κ2) is 6.58. The Labute approximate surface area is 168 Å². The summed E-state index contributed by atoms with van der Waals surface area (Å²) >= 11 is 0. The molecule has 6 nitrogen and oxygen atoms in total. The van der Waals surface area contributed by atoms with Gasteiger partial charge in [-0.05, 0) is 43.5 Å². The van der Waals surface area contributed by atoms with Gasteiger partial charge in [0.25, 0.3) is 5.56 Å². The Kier molecular flexibility index (Phi) is 4.01. The summed E-state index contributed by atoms with van der Waals surface area (Å²) in [6, 6.07) is 17.2. The molecular formula is C23H22N4O2. The SMILES string of the molecule is Cc1cc(=O)nc2c3ccccc3n(C(C)C(=O)N3CCc4ccccc4C3)n12. The Morgan fingerprint density at radius 2 is 1.79 bits per heavy atom. The molecule has 6 heteroatoms. The highest BCUT2D eigenvalue weighted by molar-refractivity contribution is 5.94. The van der Waals surface area contributed by atoms with E-state index in [9.17, 15) is 9.59 Å². The lowest BCUT2D eigenvalue weighted by Crippen LogP contribution is -2.40. The summed E-state index contributed by atoms with van der Waals surface area (Å²) in [5.74, 6) is 0.0697. The van der Waals surface area contributed by atoms with E-state index in [1.807, 2.05) is 64.3 Å². The van der Waals surface area contributed by atoms with E-state index in [2.05, 4.69) is 17.1 Å². The number of para-hydroxylation sites is 1. The Hall–Kier alpha value is -3.41. The molecule has 1 unspecified atom stereocenters. The molecule has 1 atom stereocenters. The molecule has 146 valence electrons. The fraction of sp³-hybridized carbons (Fsp3) is 0.261. The molecule has 3 heterocycles. The van der Waals surface area contributed by atoms with Crippen LogP contribution in [0, 0.1) is 6.92 Å². The van der Waals surface area contributed by atoms with E-state index in [0.717, 1.165) is 23.0 Å². The monoisotopic (exact) mass is 386 g/mol. The lowest BCUT2D eigenvalue weighted by molar-refractivity contribution is -0.135. The van der Waals surface area contributed by atoms with Gasteiger partial charge in [-0.2, -0.15) is 4.98 Å². The van der Waals surface area contributed by atoms with Crippen molar-refractivity contribution in [2.45, 2.75) is 32.9 Å². The summed E-state index contributed by atoms with van der Waals surface area (Å²) in [6.07, 6.45) is 0.870. The molecule has 0 saturated carbocycles. The molecule has 29 heavy (non-hydrogen) atoms. The van der Waals surface area contributed by atoms with Gasteiger partial charge in [0.2, 0.25) is 5.91 Å². The molecule has 0 spiro atoms.